The first kappa shape index (κ1) is 15.4. The summed E-state index contributed by atoms with van der Waals surface area (Å²) in [6, 6.07) is 7.89. The number of rotatable bonds is 6. The van der Waals surface area contributed by atoms with Gasteiger partial charge in [0, 0.05) is 16.9 Å². The summed E-state index contributed by atoms with van der Waals surface area (Å²) in [5, 5.41) is 6.25. The van der Waals surface area contributed by atoms with Gasteiger partial charge in [-0.3, -0.25) is 4.79 Å². The van der Waals surface area contributed by atoms with Crippen molar-refractivity contribution in [2.75, 3.05) is 25.9 Å². The summed E-state index contributed by atoms with van der Waals surface area (Å²) in [6.07, 6.45) is 3.33. The third-order valence-electron chi connectivity index (χ3n) is 3.83. The van der Waals surface area contributed by atoms with Crippen molar-refractivity contribution >= 4 is 17.7 Å². The van der Waals surface area contributed by atoms with Gasteiger partial charge in [-0.15, -0.1) is 0 Å². The van der Waals surface area contributed by atoms with Gasteiger partial charge in [0.2, 0.25) is 0 Å². The fourth-order valence-corrected chi connectivity index (χ4v) is 3.80. The highest BCUT2D eigenvalue weighted by Crippen LogP contribution is 2.36. The minimum Gasteiger partial charge on any atom is -0.351 e. The normalized spacial score (nSPS) is 21.9. The van der Waals surface area contributed by atoms with E-state index < -0.39 is 0 Å². The molecule has 110 valence electrons. The van der Waals surface area contributed by atoms with E-state index in [0.717, 1.165) is 30.6 Å². The summed E-state index contributed by atoms with van der Waals surface area (Å²) < 4.78 is 0.218. The van der Waals surface area contributed by atoms with Gasteiger partial charge < -0.3 is 10.6 Å². The van der Waals surface area contributed by atoms with Crippen molar-refractivity contribution < 1.29 is 4.79 Å². The van der Waals surface area contributed by atoms with Crippen molar-refractivity contribution in [2.24, 2.45) is 0 Å². The van der Waals surface area contributed by atoms with Gasteiger partial charge in [-0.05, 0) is 57.2 Å². The van der Waals surface area contributed by atoms with E-state index in [9.17, 15) is 4.79 Å². The Balaban J connectivity index is 1.98. The van der Waals surface area contributed by atoms with E-state index in [2.05, 4.69) is 17.6 Å². The number of carbonyl (C=O) groups excluding carboxylic acids is 1. The predicted octanol–water partition coefficient (Wildman–Crippen LogP) is 2.46. The molecule has 0 aromatic heterocycles. The van der Waals surface area contributed by atoms with Crippen molar-refractivity contribution in [1.29, 1.82) is 0 Å². The predicted molar refractivity (Wildman–Crippen MR) is 86.5 cm³/mol. The monoisotopic (exact) mass is 292 g/mol. The average Bonchev–Trinajstić information content (AvgIpc) is 2.90. The third-order valence-corrected chi connectivity index (χ3v) is 5.37. The molecule has 2 rings (SSSR count). The smallest absolute Gasteiger partial charge is 0.251 e. The maximum atomic E-state index is 12.4. The van der Waals surface area contributed by atoms with E-state index in [0.29, 0.717) is 0 Å². The SMILES string of the molecule is CNCCc1ccccc1C(=O)NCC1(C)CCCS1. The first-order valence-corrected chi connectivity index (χ1v) is 8.28. The topological polar surface area (TPSA) is 41.1 Å². The number of thioether (sulfide) groups is 1. The Hall–Kier alpha value is -1.00. The molecule has 0 bridgehead atoms. The zero-order valence-corrected chi connectivity index (χ0v) is 13.2. The first-order chi connectivity index (χ1) is 9.64. The van der Waals surface area contributed by atoms with Gasteiger partial charge in [-0.1, -0.05) is 18.2 Å². The van der Waals surface area contributed by atoms with Crippen LogP contribution in [-0.2, 0) is 6.42 Å². The fourth-order valence-electron chi connectivity index (χ4n) is 2.56. The fraction of sp³-hybridized carbons (Fsp3) is 0.562. The summed E-state index contributed by atoms with van der Waals surface area (Å²) in [4.78, 5) is 12.4. The molecule has 1 aromatic rings. The molecule has 1 aromatic carbocycles. The Morgan fingerprint density at radius 3 is 2.90 bits per heavy atom. The minimum atomic E-state index is 0.0606. The van der Waals surface area contributed by atoms with Gasteiger partial charge in [-0.25, -0.2) is 0 Å². The summed E-state index contributed by atoms with van der Waals surface area (Å²) in [5.74, 6) is 1.27. The van der Waals surface area contributed by atoms with Crippen LogP contribution in [0.25, 0.3) is 0 Å². The van der Waals surface area contributed by atoms with Gasteiger partial charge in [0.1, 0.15) is 0 Å². The van der Waals surface area contributed by atoms with Crippen LogP contribution in [0.1, 0.15) is 35.7 Å². The van der Waals surface area contributed by atoms with Crippen LogP contribution < -0.4 is 10.6 Å². The molecule has 1 atom stereocenters. The molecule has 1 heterocycles. The van der Waals surface area contributed by atoms with Crippen LogP contribution >= 0.6 is 11.8 Å². The van der Waals surface area contributed by atoms with Crippen LogP contribution in [0.5, 0.6) is 0 Å². The molecular formula is C16H24N2OS. The van der Waals surface area contributed by atoms with Crippen LogP contribution in [0, 0.1) is 0 Å². The van der Waals surface area contributed by atoms with Crippen molar-refractivity contribution in [1.82, 2.24) is 10.6 Å². The van der Waals surface area contributed by atoms with Crippen molar-refractivity contribution in [3.63, 3.8) is 0 Å². The number of nitrogens with one attached hydrogen (secondary N) is 2. The van der Waals surface area contributed by atoms with Gasteiger partial charge >= 0.3 is 0 Å². The largest absolute Gasteiger partial charge is 0.351 e. The van der Waals surface area contributed by atoms with E-state index >= 15 is 0 Å². The van der Waals surface area contributed by atoms with E-state index in [1.165, 1.54) is 18.6 Å². The Morgan fingerprint density at radius 2 is 2.20 bits per heavy atom. The Kier molecular flexibility index (Phi) is 5.49. The van der Waals surface area contributed by atoms with E-state index in [4.69, 9.17) is 0 Å². The Labute approximate surface area is 125 Å². The molecule has 0 saturated carbocycles. The van der Waals surface area contributed by atoms with Gasteiger partial charge in [0.25, 0.3) is 5.91 Å². The molecule has 1 aliphatic heterocycles. The van der Waals surface area contributed by atoms with Crippen LogP contribution in [0.2, 0.25) is 0 Å². The van der Waals surface area contributed by atoms with Gasteiger partial charge in [0.05, 0.1) is 0 Å². The lowest BCUT2D eigenvalue weighted by Crippen LogP contribution is -2.37. The standard InChI is InChI=1S/C16H24N2OS/c1-16(9-5-11-20-16)12-18-15(19)14-7-4-3-6-13(14)8-10-17-2/h3-4,6-7,17H,5,8-12H2,1-2H3,(H,18,19). The van der Waals surface area contributed by atoms with E-state index in [-0.39, 0.29) is 10.7 Å². The Morgan fingerprint density at radius 1 is 1.40 bits per heavy atom. The van der Waals surface area contributed by atoms with E-state index in [1.54, 1.807) is 0 Å². The second-order valence-electron chi connectivity index (χ2n) is 5.60. The number of benzene rings is 1. The van der Waals surface area contributed by atoms with Crippen LogP contribution in [-0.4, -0.2) is 36.5 Å². The lowest BCUT2D eigenvalue weighted by molar-refractivity contribution is 0.0949. The molecular weight excluding hydrogens is 268 g/mol. The number of hydrogen-bond donors (Lipinski definition) is 2. The molecule has 3 nitrogen and oxygen atoms in total. The lowest BCUT2D eigenvalue weighted by Gasteiger charge is -2.23. The molecule has 1 unspecified atom stereocenters. The molecule has 1 aliphatic rings. The van der Waals surface area contributed by atoms with Crippen LogP contribution in [0.4, 0.5) is 0 Å². The maximum Gasteiger partial charge on any atom is 0.251 e. The molecule has 0 radical (unpaired) electrons. The van der Waals surface area contributed by atoms with Crippen molar-refractivity contribution in [3.8, 4) is 0 Å². The summed E-state index contributed by atoms with van der Waals surface area (Å²) in [5.41, 5.74) is 1.93. The highest BCUT2D eigenvalue weighted by atomic mass is 32.2. The molecule has 1 saturated heterocycles. The highest BCUT2D eigenvalue weighted by molar-refractivity contribution is 8.00. The quantitative estimate of drug-likeness (QED) is 0.846. The molecule has 0 aliphatic carbocycles. The maximum absolute atomic E-state index is 12.4. The molecule has 4 heteroatoms. The molecule has 2 N–H and O–H groups in total. The van der Waals surface area contributed by atoms with Gasteiger partial charge in [0.15, 0.2) is 0 Å². The van der Waals surface area contributed by atoms with Crippen molar-refractivity contribution in [3.05, 3.63) is 35.4 Å². The summed E-state index contributed by atoms with van der Waals surface area (Å²) >= 11 is 1.98. The zero-order valence-electron chi connectivity index (χ0n) is 12.4. The van der Waals surface area contributed by atoms with Crippen LogP contribution in [0.15, 0.2) is 24.3 Å². The zero-order chi connectivity index (χ0) is 14.4. The molecule has 1 fully saturated rings. The second kappa shape index (κ2) is 7.14. The summed E-state index contributed by atoms with van der Waals surface area (Å²) in [7, 11) is 1.93. The van der Waals surface area contributed by atoms with E-state index in [1.807, 2.05) is 43.1 Å². The summed E-state index contributed by atoms with van der Waals surface area (Å²) in [6.45, 7) is 3.90. The lowest BCUT2D eigenvalue weighted by atomic mass is 10.0. The molecule has 1 amide bonds. The number of carbonyl (C=O) groups is 1. The molecule has 0 spiro atoms. The highest BCUT2D eigenvalue weighted by Gasteiger charge is 2.29. The first-order valence-electron chi connectivity index (χ1n) is 7.29. The number of likely N-dealkylation sites (N-methyl/N-ethyl adjacent to an activating group) is 1. The third kappa shape index (κ3) is 4.00. The Bertz CT molecular complexity index is 456. The average molecular weight is 292 g/mol. The second-order valence-corrected chi connectivity index (χ2v) is 7.28. The van der Waals surface area contributed by atoms with Crippen molar-refractivity contribution in [2.45, 2.75) is 30.9 Å². The number of hydrogen-bond acceptors (Lipinski definition) is 3. The number of amides is 1. The minimum absolute atomic E-state index is 0.0606. The van der Waals surface area contributed by atoms with Gasteiger partial charge in [-0.2, -0.15) is 11.8 Å². The molecule has 20 heavy (non-hydrogen) atoms. The van der Waals surface area contributed by atoms with Crippen LogP contribution in [0.3, 0.4) is 0 Å².